The van der Waals surface area contributed by atoms with Crippen LogP contribution in [0, 0.1) is 0 Å². The van der Waals surface area contributed by atoms with Crippen molar-refractivity contribution in [3.63, 3.8) is 0 Å². The summed E-state index contributed by atoms with van der Waals surface area (Å²) < 4.78 is 20.5. The molecule has 0 aromatic heterocycles. The lowest BCUT2D eigenvalue weighted by molar-refractivity contribution is -0.338. The first-order valence-electron chi connectivity index (χ1n) is 8.44. The van der Waals surface area contributed by atoms with Crippen LogP contribution in [0.4, 0.5) is 0 Å². The minimum atomic E-state index is -1.78. The fourth-order valence-electron chi connectivity index (χ4n) is 3.20. The van der Waals surface area contributed by atoms with Crippen LogP contribution in [0.25, 0.3) is 0 Å². The lowest BCUT2D eigenvalue weighted by atomic mass is 9.95. The summed E-state index contributed by atoms with van der Waals surface area (Å²) in [5.74, 6) is -2.10. The quantitative estimate of drug-likeness (QED) is 0.221. The number of ether oxygens (including phenoxy) is 4. The van der Waals surface area contributed by atoms with Gasteiger partial charge in [0.05, 0.1) is 6.61 Å². The maximum Gasteiger partial charge on any atom is 0.335 e. The second-order valence-corrected chi connectivity index (χ2v) is 6.51. The molecule has 10 atom stereocenters. The number of carboxylic acid groups (broad SMARTS) is 1. The van der Waals surface area contributed by atoms with Gasteiger partial charge in [0.1, 0.15) is 42.7 Å². The zero-order valence-electron chi connectivity index (χ0n) is 15.1. The topological polar surface area (TPSA) is 204 Å². The number of hydrogen-bond donors (Lipinski definition) is 7. The van der Waals surface area contributed by atoms with Crippen LogP contribution in [-0.4, -0.2) is 118 Å². The molecule has 0 bridgehead atoms. The minimum absolute atomic E-state index is 0.607. The van der Waals surface area contributed by atoms with Crippen molar-refractivity contribution in [2.24, 2.45) is 0 Å². The number of methoxy groups -OCH3 is 1. The maximum absolute atomic E-state index is 11.4. The molecule has 2 heterocycles. The molecule has 0 aliphatic carbocycles. The van der Waals surface area contributed by atoms with E-state index in [2.05, 4.69) is 5.32 Å². The van der Waals surface area contributed by atoms with Gasteiger partial charge in [0.2, 0.25) is 5.91 Å². The van der Waals surface area contributed by atoms with E-state index in [1.807, 2.05) is 0 Å². The van der Waals surface area contributed by atoms with E-state index < -0.39 is 79.8 Å². The summed E-state index contributed by atoms with van der Waals surface area (Å²) >= 11 is 0. The average Bonchev–Trinajstić information content (AvgIpc) is 2.63. The summed E-state index contributed by atoms with van der Waals surface area (Å²) in [4.78, 5) is 22.8. The van der Waals surface area contributed by atoms with Crippen molar-refractivity contribution >= 4 is 11.9 Å². The van der Waals surface area contributed by atoms with Crippen molar-refractivity contribution in [2.45, 2.75) is 68.3 Å². The molecular formula is C15H25NO12. The molecule has 2 aliphatic heterocycles. The SMILES string of the molecule is CO[C@@H]1C(C(=O)O)O[C@@H](OC2[C@H](O)C(CO)O[C@@H](O)[C@H]2NC(C)=O)[C@@H](O)C1O. The van der Waals surface area contributed by atoms with E-state index in [0.717, 1.165) is 14.0 Å². The van der Waals surface area contributed by atoms with Gasteiger partial charge in [-0.1, -0.05) is 0 Å². The van der Waals surface area contributed by atoms with Crippen LogP contribution in [0.5, 0.6) is 0 Å². The van der Waals surface area contributed by atoms with Gasteiger partial charge in [0.15, 0.2) is 18.7 Å². The van der Waals surface area contributed by atoms with Crippen molar-refractivity contribution in [1.82, 2.24) is 5.32 Å². The van der Waals surface area contributed by atoms with Crippen LogP contribution in [0.1, 0.15) is 6.92 Å². The average molecular weight is 411 g/mol. The van der Waals surface area contributed by atoms with Crippen molar-refractivity contribution in [2.75, 3.05) is 13.7 Å². The maximum atomic E-state index is 11.4. The van der Waals surface area contributed by atoms with Gasteiger partial charge in [-0.15, -0.1) is 0 Å². The number of hydrogen-bond acceptors (Lipinski definition) is 11. The monoisotopic (exact) mass is 411 g/mol. The Kier molecular flexibility index (Phi) is 7.66. The summed E-state index contributed by atoms with van der Waals surface area (Å²) in [6.07, 6.45) is -14.4. The highest BCUT2D eigenvalue weighted by atomic mass is 16.7. The fraction of sp³-hybridized carbons (Fsp3) is 0.867. The predicted octanol–water partition coefficient (Wildman–Crippen LogP) is -4.51. The number of nitrogens with one attached hydrogen (secondary N) is 1. The molecule has 0 saturated carbocycles. The standard InChI is InChI=1S/C15H25NO12/c1-4(18)16-6-10(7(19)5(3-17)26-14(6)24)27-15-9(21)8(20)11(25-2)12(28-15)13(22)23/h5-12,14-15,17,19-21,24H,3H2,1-2H3,(H,16,18)(H,22,23)/t5?,6-,7+,8?,9-,10?,11-,12?,14+,15+/m0/s1. The first kappa shape index (κ1) is 22.9. The summed E-state index contributed by atoms with van der Waals surface area (Å²) in [5, 5.41) is 61.7. The van der Waals surface area contributed by atoms with Crippen LogP contribution in [0.15, 0.2) is 0 Å². The van der Waals surface area contributed by atoms with E-state index in [4.69, 9.17) is 18.9 Å². The Morgan fingerprint density at radius 1 is 1.04 bits per heavy atom. The Hall–Kier alpha value is -1.42. The first-order chi connectivity index (χ1) is 13.1. The largest absolute Gasteiger partial charge is 0.479 e. The Labute approximate surface area is 159 Å². The molecule has 2 rings (SSSR count). The predicted molar refractivity (Wildman–Crippen MR) is 85.6 cm³/mol. The normalized spacial score (nSPS) is 44.1. The van der Waals surface area contributed by atoms with Crippen LogP contribution in [-0.2, 0) is 28.5 Å². The second-order valence-electron chi connectivity index (χ2n) is 6.51. The Morgan fingerprint density at radius 2 is 1.68 bits per heavy atom. The molecule has 1 amide bonds. The number of carboxylic acids is 1. The third kappa shape index (κ3) is 4.59. The van der Waals surface area contributed by atoms with Gasteiger partial charge >= 0.3 is 5.97 Å². The summed E-state index contributed by atoms with van der Waals surface area (Å²) in [6, 6.07) is -1.34. The molecule has 2 saturated heterocycles. The van der Waals surface area contributed by atoms with E-state index in [-0.39, 0.29) is 0 Å². The van der Waals surface area contributed by atoms with Gasteiger partial charge in [-0.3, -0.25) is 4.79 Å². The highest BCUT2D eigenvalue weighted by molar-refractivity contribution is 5.73. The molecule has 13 nitrogen and oxygen atoms in total. The van der Waals surface area contributed by atoms with Gasteiger partial charge in [-0.2, -0.15) is 0 Å². The van der Waals surface area contributed by atoms with Crippen molar-refractivity contribution < 1.29 is 59.2 Å². The lowest BCUT2D eigenvalue weighted by Gasteiger charge is -2.46. The van der Waals surface area contributed by atoms with E-state index in [9.17, 15) is 40.2 Å². The third-order valence-corrected chi connectivity index (χ3v) is 4.59. The Balaban J connectivity index is 2.26. The van der Waals surface area contributed by atoms with Gasteiger partial charge < -0.3 is 54.9 Å². The van der Waals surface area contributed by atoms with Crippen LogP contribution in [0.3, 0.4) is 0 Å². The zero-order valence-corrected chi connectivity index (χ0v) is 15.1. The zero-order chi connectivity index (χ0) is 21.2. The molecule has 162 valence electrons. The van der Waals surface area contributed by atoms with Crippen LogP contribution >= 0.6 is 0 Å². The van der Waals surface area contributed by atoms with Crippen molar-refractivity contribution in [3.8, 4) is 0 Å². The van der Waals surface area contributed by atoms with Crippen molar-refractivity contribution in [3.05, 3.63) is 0 Å². The molecule has 0 aromatic carbocycles. The smallest absolute Gasteiger partial charge is 0.335 e. The number of carbonyl (C=O) groups is 2. The minimum Gasteiger partial charge on any atom is -0.479 e. The van der Waals surface area contributed by atoms with Crippen LogP contribution < -0.4 is 5.32 Å². The van der Waals surface area contributed by atoms with E-state index in [0.29, 0.717) is 0 Å². The molecular weight excluding hydrogens is 386 g/mol. The summed E-state index contributed by atoms with van der Waals surface area (Å²) in [6.45, 7) is 0.429. The molecule has 2 aliphatic rings. The first-order valence-corrected chi connectivity index (χ1v) is 8.44. The van der Waals surface area contributed by atoms with Gasteiger partial charge in [0.25, 0.3) is 0 Å². The van der Waals surface area contributed by atoms with Gasteiger partial charge in [-0.25, -0.2) is 4.79 Å². The fourth-order valence-corrected chi connectivity index (χ4v) is 3.20. The van der Waals surface area contributed by atoms with Crippen molar-refractivity contribution in [1.29, 1.82) is 0 Å². The number of rotatable bonds is 6. The van der Waals surface area contributed by atoms with Gasteiger partial charge in [0, 0.05) is 14.0 Å². The molecule has 13 heteroatoms. The molecule has 0 radical (unpaired) electrons. The summed E-state index contributed by atoms with van der Waals surface area (Å²) in [7, 11) is 1.12. The Bertz CT molecular complexity index is 561. The highest BCUT2D eigenvalue weighted by Gasteiger charge is 2.52. The molecule has 28 heavy (non-hydrogen) atoms. The molecule has 2 fully saturated rings. The number of aliphatic carboxylic acids is 1. The number of amides is 1. The number of aliphatic hydroxyl groups is 5. The van der Waals surface area contributed by atoms with E-state index in [1.54, 1.807) is 0 Å². The van der Waals surface area contributed by atoms with E-state index in [1.165, 1.54) is 0 Å². The molecule has 0 aromatic rings. The number of carbonyl (C=O) groups excluding carboxylic acids is 1. The molecule has 0 spiro atoms. The second kappa shape index (κ2) is 9.39. The van der Waals surface area contributed by atoms with E-state index >= 15 is 0 Å². The summed E-state index contributed by atoms with van der Waals surface area (Å²) in [5.41, 5.74) is 0. The molecule has 4 unspecified atom stereocenters. The highest BCUT2D eigenvalue weighted by Crippen LogP contribution is 2.29. The lowest BCUT2D eigenvalue weighted by Crippen LogP contribution is -2.68. The number of aliphatic hydroxyl groups excluding tert-OH is 5. The van der Waals surface area contributed by atoms with Gasteiger partial charge in [-0.05, 0) is 0 Å². The third-order valence-electron chi connectivity index (χ3n) is 4.59. The Morgan fingerprint density at radius 3 is 2.18 bits per heavy atom. The molecule has 7 N–H and O–H groups in total. The van der Waals surface area contributed by atoms with Crippen LogP contribution in [0.2, 0.25) is 0 Å².